The second-order valence-corrected chi connectivity index (χ2v) is 10.2. The Bertz CT molecular complexity index is 1190. The Morgan fingerprint density at radius 1 is 1.19 bits per heavy atom. The molecule has 31 heavy (non-hydrogen) atoms. The molecular formula is C23H27ClN2O4S. The number of aromatic amines is 1. The van der Waals surface area contributed by atoms with Crippen LogP contribution >= 0.6 is 11.6 Å². The number of fused-ring (bicyclic) bond motifs is 3. The van der Waals surface area contributed by atoms with Crippen LogP contribution in [0.5, 0.6) is 0 Å². The molecule has 6 nitrogen and oxygen atoms in total. The molecule has 0 spiro atoms. The third-order valence-electron chi connectivity index (χ3n) is 5.26. The number of rotatable bonds is 4. The summed E-state index contributed by atoms with van der Waals surface area (Å²) in [6.45, 7) is 1.10. The molecule has 0 fully saturated rings. The minimum absolute atomic E-state index is 0.0185. The van der Waals surface area contributed by atoms with E-state index in [9.17, 15) is 13.2 Å². The number of aromatic nitrogens is 1. The molecule has 3 aromatic rings. The highest BCUT2D eigenvalue weighted by Crippen LogP contribution is 2.33. The monoisotopic (exact) mass is 462 g/mol. The molecule has 2 aromatic carbocycles. The average molecular weight is 463 g/mol. The topological polar surface area (TPSA) is 90.5 Å². The fourth-order valence-electron chi connectivity index (χ4n) is 4.10. The summed E-state index contributed by atoms with van der Waals surface area (Å²) in [4.78, 5) is 18.7. The van der Waals surface area contributed by atoms with Gasteiger partial charge in [-0.2, -0.15) is 8.42 Å². The van der Waals surface area contributed by atoms with E-state index in [0.717, 1.165) is 30.5 Å². The van der Waals surface area contributed by atoms with Gasteiger partial charge in [0.15, 0.2) is 5.78 Å². The number of nitrogens with one attached hydrogen (secondary N) is 1. The molecule has 0 aliphatic heterocycles. The highest BCUT2D eigenvalue weighted by molar-refractivity contribution is 7.85. The van der Waals surface area contributed by atoms with Crippen LogP contribution in [0.25, 0.3) is 10.9 Å². The van der Waals surface area contributed by atoms with Gasteiger partial charge < -0.3 is 9.88 Å². The van der Waals surface area contributed by atoms with Crippen LogP contribution in [-0.2, 0) is 23.0 Å². The van der Waals surface area contributed by atoms with Gasteiger partial charge in [0.1, 0.15) is 0 Å². The first-order chi connectivity index (χ1) is 14.5. The first kappa shape index (κ1) is 23.5. The molecule has 0 radical (unpaired) electrons. The number of benzene rings is 2. The Morgan fingerprint density at radius 2 is 1.87 bits per heavy atom. The molecule has 1 heterocycles. The summed E-state index contributed by atoms with van der Waals surface area (Å²) in [5, 5.41) is 1.78. The number of hydrogen-bond acceptors (Lipinski definition) is 4. The molecule has 166 valence electrons. The molecule has 0 bridgehead atoms. The Kier molecular flexibility index (Phi) is 7.21. The van der Waals surface area contributed by atoms with E-state index in [4.69, 9.17) is 16.2 Å². The lowest BCUT2D eigenvalue weighted by Gasteiger charge is -2.25. The van der Waals surface area contributed by atoms with Gasteiger partial charge in [-0.1, -0.05) is 23.7 Å². The van der Waals surface area contributed by atoms with Crippen molar-refractivity contribution >= 4 is 38.4 Å². The van der Waals surface area contributed by atoms with E-state index in [2.05, 4.69) is 24.0 Å². The van der Waals surface area contributed by atoms with Gasteiger partial charge in [0.2, 0.25) is 0 Å². The van der Waals surface area contributed by atoms with E-state index >= 15 is 0 Å². The van der Waals surface area contributed by atoms with Crippen molar-refractivity contribution in [3.63, 3.8) is 0 Å². The van der Waals surface area contributed by atoms with Crippen molar-refractivity contribution in [2.75, 3.05) is 26.9 Å². The maximum Gasteiger partial charge on any atom is 0.261 e. The molecule has 0 saturated carbocycles. The smallest absolute Gasteiger partial charge is 0.261 e. The number of hydrogen-bond donors (Lipinski definition) is 2. The predicted molar refractivity (Wildman–Crippen MR) is 125 cm³/mol. The fourth-order valence-corrected chi connectivity index (χ4v) is 4.29. The maximum atomic E-state index is 12.9. The zero-order valence-corrected chi connectivity index (χ0v) is 19.4. The summed E-state index contributed by atoms with van der Waals surface area (Å²) >= 11 is 6.05. The van der Waals surface area contributed by atoms with Gasteiger partial charge >= 0.3 is 0 Å². The lowest BCUT2D eigenvalue weighted by atomic mass is 9.86. The first-order valence-corrected chi connectivity index (χ1v) is 12.2. The Hall–Kier alpha value is -2.19. The van der Waals surface area contributed by atoms with Gasteiger partial charge in [-0.25, -0.2) is 0 Å². The zero-order valence-electron chi connectivity index (χ0n) is 17.9. The molecule has 1 aliphatic carbocycles. The van der Waals surface area contributed by atoms with E-state index < -0.39 is 10.1 Å². The molecule has 2 N–H and O–H groups in total. The molecule has 0 amide bonds. The number of aryl methyl sites for hydroxylation is 1. The maximum absolute atomic E-state index is 12.9. The van der Waals surface area contributed by atoms with Gasteiger partial charge in [0.25, 0.3) is 10.1 Å². The van der Waals surface area contributed by atoms with Gasteiger partial charge in [-0.15, -0.1) is 0 Å². The third kappa shape index (κ3) is 6.40. The Balaban J connectivity index is 0.000000491. The number of halogens is 1. The summed E-state index contributed by atoms with van der Waals surface area (Å²) in [5.41, 5.74) is 5.20. The van der Waals surface area contributed by atoms with Crippen LogP contribution in [0.1, 0.15) is 33.6 Å². The SMILES string of the molecule is CN(C)CC1CCc2[nH]c3ccc(C(=O)c4cccc(Cl)c4)cc3c2C1.CS(=O)(=O)O. The lowest BCUT2D eigenvalue weighted by molar-refractivity contribution is 0.103. The van der Waals surface area contributed by atoms with Crippen LogP contribution in [0.2, 0.25) is 5.02 Å². The van der Waals surface area contributed by atoms with Crippen LogP contribution in [0, 0.1) is 5.92 Å². The highest BCUT2D eigenvalue weighted by atomic mass is 35.5. The van der Waals surface area contributed by atoms with Gasteiger partial charge in [-0.3, -0.25) is 9.35 Å². The third-order valence-corrected chi connectivity index (χ3v) is 5.50. The van der Waals surface area contributed by atoms with Crippen LogP contribution in [0.15, 0.2) is 42.5 Å². The molecule has 1 aromatic heterocycles. The van der Waals surface area contributed by atoms with Crippen molar-refractivity contribution in [2.24, 2.45) is 5.92 Å². The van der Waals surface area contributed by atoms with Crippen LogP contribution in [0.3, 0.4) is 0 Å². The van der Waals surface area contributed by atoms with Crippen molar-refractivity contribution < 1.29 is 17.8 Å². The van der Waals surface area contributed by atoms with E-state index in [-0.39, 0.29) is 5.78 Å². The molecule has 1 unspecified atom stereocenters. The molecule has 4 rings (SSSR count). The summed E-state index contributed by atoms with van der Waals surface area (Å²) < 4.78 is 25.9. The van der Waals surface area contributed by atoms with E-state index in [0.29, 0.717) is 22.8 Å². The Morgan fingerprint density at radius 3 is 2.52 bits per heavy atom. The lowest BCUT2D eigenvalue weighted by Crippen LogP contribution is -2.26. The summed E-state index contributed by atoms with van der Waals surface area (Å²) in [6, 6.07) is 13.1. The van der Waals surface area contributed by atoms with E-state index in [1.165, 1.54) is 23.1 Å². The molecule has 1 atom stereocenters. The van der Waals surface area contributed by atoms with Crippen molar-refractivity contribution in [1.82, 2.24) is 9.88 Å². The molecule has 8 heteroatoms. The highest BCUT2D eigenvalue weighted by Gasteiger charge is 2.23. The van der Waals surface area contributed by atoms with Crippen molar-refractivity contribution in [2.45, 2.75) is 19.3 Å². The minimum Gasteiger partial charge on any atom is -0.358 e. The van der Waals surface area contributed by atoms with Crippen LogP contribution in [0.4, 0.5) is 0 Å². The number of carbonyl (C=O) groups is 1. The zero-order chi connectivity index (χ0) is 22.8. The number of H-pyrrole nitrogens is 1. The second-order valence-electron chi connectivity index (χ2n) is 8.29. The number of ketones is 1. The quantitative estimate of drug-likeness (QED) is 0.447. The molecule has 0 saturated heterocycles. The minimum atomic E-state index is -3.67. The first-order valence-electron chi connectivity index (χ1n) is 10.0. The van der Waals surface area contributed by atoms with Crippen molar-refractivity contribution in [3.8, 4) is 0 Å². The largest absolute Gasteiger partial charge is 0.358 e. The summed E-state index contributed by atoms with van der Waals surface area (Å²) in [5.74, 6) is 0.689. The van der Waals surface area contributed by atoms with Crippen LogP contribution < -0.4 is 0 Å². The van der Waals surface area contributed by atoms with Gasteiger partial charge in [0.05, 0.1) is 6.26 Å². The summed E-state index contributed by atoms with van der Waals surface area (Å²) in [6.07, 6.45) is 4.09. The average Bonchev–Trinajstić information content (AvgIpc) is 3.03. The normalized spacial score (nSPS) is 16.0. The van der Waals surface area contributed by atoms with Crippen LogP contribution in [-0.4, -0.2) is 55.5 Å². The van der Waals surface area contributed by atoms with Crippen molar-refractivity contribution in [1.29, 1.82) is 0 Å². The number of carbonyl (C=O) groups excluding carboxylic acids is 1. The van der Waals surface area contributed by atoms with Crippen molar-refractivity contribution in [3.05, 3.63) is 69.9 Å². The summed E-state index contributed by atoms with van der Waals surface area (Å²) in [7, 11) is 0.596. The second kappa shape index (κ2) is 9.53. The Labute approximate surface area is 188 Å². The van der Waals surface area contributed by atoms with E-state index in [1.807, 2.05) is 30.3 Å². The molecular weight excluding hydrogens is 436 g/mol. The predicted octanol–water partition coefficient (Wildman–Crippen LogP) is 4.22. The van der Waals surface area contributed by atoms with Gasteiger partial charge in [-0.05, 0) is 75.2 Å². The van der Waals surface area contributed by atoms with Gasteiger partial charge in [0, 0.05) is 39.3 Å². The molecule has 1 aliphatic rings. The number of nitrogens with zero attached hydrogens (tertiary/aromatic N) is 1. The fraction of sp³-hybridized carbons (Fsp3) is 0.348. The van der Waals surface area contributed by atoms with E-state index in [1.54, 1.807) is 12.1 Å². The standard InChI is InChI=1S/C22H23ClN2O.CH4O3S/c1-25(2)13-14-6-8-20-18(10-14)19-12-16(7-9-21(19)24-20)22(26)15-4-3-5-17(23)11-15;1-5(2,3)4/h3-5,7,9,11-12,14,24H,6,8,10,13H2,1-2H3;1H3,(H,2,3,4).